The van der Waals surface area contributed by atoms with Crippen molar-refractivity contribution in [1.82, 2.24) is 9.97 Å². The van der Waals surface area contributed by atoms with Gasteiger partial charge in [0.15, 0.2) is 0 Å². The van der Waals surface area contributed by atoms with Gasteiger partial charge in [-0.15, -0.1) is 0 Å². The van der Waals surface area contributed by atoms with E-state index in [-0.39, 0.29) is 16.5 Å². The van der Waals surface area contributed by atoms with Crippen molar-refractivity contribution in [2.75, 3.05) is 10.1 Å². The summed E-state index contributed by atoms with van der Waals surface area (Å²) >= 11 is 3.30. The highest BCUT2D eigenvalue weighted by Crippen LogP contribution is 2.21. The Hall–Kier alpha value is -1.71. The number of pyridine rings is 2. The van der Waals surface area contributed by atoms with Crippen LogP contribution in [0.5, 0.6) is 0 Å². The Balaban J connectivity index is 2.38. The molecule has 9 heteroatoms. The molecule has 0 radical (unpaired) electrons. The molecule has 0 amide bonds. The number of hydrogen-bond acceptors (Lipinski definition) is 6. The van der Waals surface area contributed by atoms with Gasteiger partial charge < -0.3 is 5.43 Å². The summed E-state index contributed by atoms with van der Waals surface area (Å²) < 4.78 is 27.7. The number of nitrogen functional groups attached to an aromatic ring is 1. The zero-order valence-corrected chi connectivity index (χ0v) is 12.9. The Labute approximate surface area is 124 Å². The monoisotopic (exact) mass is 357 g/mol. The van der Waals surface area contributed by atoms with Gasteiger partial charge in [0.2, 0.25) is 5.03 Å². The number of halogens is 1. The third-order valence-corrected chi connectivity index (χ3v) is 4.59. The number of rotatable bonds is 4. The maximum atomic E-state index is 12.3. The molecule has 2 aromatic rings. The first-order valence-electron chi connectivity index (χ1n) is 5.51. The van der Waals surface area contributed by atoms with E-state index in [2.05, 4.69) is 36.0 Å². The minimum absolute atomic E-state index is 0.190. The fourth-order valence-corrected chi connectivity index (χ4v) is 2.82. The summed E-state index contributed by atoms with van der Waals surface area (Å²) in [6, 6.07) is 6.35. The summed E-state index contributed by atoms with van der Waals surface area (Å²) in [7, 11) is -3.87. The van der Waals surface area contributed by atoms with Gasteiger partial charge in [-0.25, -0.2) is 9.97 Å². The lowest BCUT2D eigenvalue weighted by Crippen LogP contribution is -2.19. The highest BCUT2D eigenvalue weighted by atomic mass is 79.9. The third kappa shape index (κ3) is 3.06. The molecule has 0 aromatic carbocycles. The maximum absolute atomic E-state index is 12.3. The maximum Gasteiger partial charge on any atom is 0.282 e. The van der Waals surface area contributed by atoms with Gasteiger partial charge in [-0.05, 0) is 47.1 Å². The van der Waals surface area contributed by atoms with Gasteiger partial charge in [0.1, 0.15) is 5.82 Å². The Morgan fingerprint density at radius 3 is 2.70 bits per heavy atom. The molecule has 0 saturated heterocycles. The molecule has 7 nitrogen and oxygen atoms in total. The van der Waals surface area contributed by atoms with Crippen molar-refractivity contribution in [2.24, 2.45) is 5.84 Å². The van der Waals surface area contributed by atoms with Crippen LogP contribution in [0.25, 0.3) is 0 Å². The minimum Gasteiger partial charge on any atom is -0.321 e. The molecule has 0 aliphatic carbocycles. The van der Waals surface area contributed by atoms with E-state index in [1.807, 2.05) is 0 Å². The van der Waals surface area contributed by atoms with E-state index in [1.165, 1.54) is 12.3 Å². The number of anilines is 2. The number of aryl methyl sites for hydroxylation is 1. The number of nitrogens with one attached hydrogen (secondary N) is 2. The van der Waals surface area contributed by atoms with Crippen molar-refractivity contribution in [3.63, 3.8) is 0 Å². The normalized spacial score (nSPS) is 11.2. The van der Waals surface area contributed by atoms with Gasteiger partial charge in [-0.1, -0.05) is 0 Å². The summed E-state index contributed by atoms with van der Waals surface area (Å²) in [4.78, 5) is 7.95. The quantitative estimate of drug-likeness (QED) is 0.566. The molecular formula is C11H12BrN5O2S. The molecule has 0 aliphatic rings. The average molecular weight is 358 g/mol. The highest BCUT2D eigenvalue weighted by molar-refractivity contribution is 9.10. The van der Waals surface area contributed by atoms with Crippen molar-refractivity contribution in [3.8, 4) is 0 Å². The van der Waals surface area contributed by atoms with Gasteiger partial charge >= 0.3 is 0 Å². The van der Waals surface area contributed by atoms with Crippen molar-refractivity contribution < 1.29 is 8.42 Å². The van der Waals surface area contributed by atoms with Crippen LogP contribution in [0, 0.1) is 6.92 Å². The summed E-state index contributed by atoms with van der Waals surface area (Å²) in [5.74, 6) is 5.49. The molecule has 0 unspecified atom stereocenters. The van der Waals surface area contributed by atoms with Crippen LogP contribution >= 0.6 is 15.9 Å². The Kier molecular flexibility index (Phi) is 4.21. The zero-order chi connectivity index (χ0) is 14.8. The van der Waals surface area contributed by atoms with Crippen LogP contribution in [-0.2, 0) is 10.0 Å². The topological polar surface area (TPSA) is 110 Å². The first kappa shape index (κ1) is 14.7. The molecule has 0 spiro atoms. The molecule has 0 atom stereocenters. The predicted molar refractivity (Wildman–Crippen MR) is 79.5 cm³/mol. The third-order valence-electron chi connectivity index (χ3n) is 2.44. The molecule has 20 heavy (non-hydrogen) atoms. The molecule has 2 aromatic heterocycles. The Morgan fingerprint density at radius 2 is 2.05 bits per heavy atom. The van der Waals surface area contributed by atoms with E-state index in [9.17, 15) is 8.42 Å². The van der Waals surface area contributed by atoms with Gasteiger partial charge in [-0.2, -0.15) is 8.42 Å². The van der Waals surface area contributed by atoms with Crippen LogP contribution in [0.3, 0.4) is 0 Å². The van der Waals surface area contributed by atoms with E-state index in [0.29, 0.717) is 5.69 Å². The number of nitrogens with zero attached hydrogens (tertiary/aromatic N) is 2. The lowest BCUT2D eigenvalue weighted by Gasteiger charge is -2.10. The highest BCUT2D eigenvalue weighted by Gasteiger charge is 2.20. The summed E-state index contributed by atoms with van der Waals surface area (Å²) in [6.07, 6.45) is 1.37. The predicted octanol–water partition coefficient (Wildman–Crippen LogP) is 1.63. The van der Waals surface area contributed by atoms with Gasteiger partial charge in [0, 0.05) is 10.7 Å². The van der Waals surface area contributed by atoms with Crippen LogP contribution in [0.4, 0.5) is 11.5 Å². The summed E-state index contributed by atoms with van der Waals surface area (Å²) in [6.45, 7) is 1.76. The first-order chi connectivity index (χ1) is 9.44. The van der Waals surface area contributed by atoms with Crippen LogP contribution < -0.4 is 16.0 Å². The largest absolute Gasteiger partial charge is 0.321 e. The van der Waals surface area contributed by atoms with E-state index in [4.69, 9.17) is 5.84 Å². The Morgan fingerprint density at radius 1 is 1.30 bits per heavy atom. The van der Waals surface area contributed by atoms with E-state index >= 15 is 0 Å². The van der Waals surface area contributed by atoms with Crippen molar-refractivity contribution in [2.45, 2.75) is 11.9 Å². The second-order valence-corrected chi connectivity index (χ2v) is 6.32. The van der Waals surface area contributed by atoms with E-state index in [1.54, 1.807) is 25.1 Å². The number of sulfonamides is 1. The molecule has 0 saturated carbocycles. The van der Waals surface area contributed by atoms with Crippen molar-refractivity contribution in [3.05, 3.63) is 40.6 Å². The van der Waals surface area contributed by atoms with Gasteiger partial charge in [0.05, 0.1) is 11.4 Å². The van der Waals surface area contributed by atoms with Crippen LogP contribution in [0.2, 0.25) is 0 Å². The van der Waals surface area contributed by atoms with Crippen LogP contribution in [0.1, 0.15) is 5.69 Å². The number of hydrogen-bond donors (Lipinski definition) is 3. The van der Waals surface area contributed by atoms with E-state index < -0.39 is 10.0 Å². The lowest BCUT2D eigenvalue weighted by atomic mass is 10.4. The zero-order valence-electron chi connectivity index (χ0n) is 10.5. The summed E-state index contributed by atoms with van der Waals surface area (Å²) in [5.41, 5.74) is 3.17. The number of aromatic nitrogens is 2. The molecule has 0 aliphatic heterocycles. The molecule has 2 rings (SSSR count). The van der Waals surface area contributed by atoms with Crippen molar-refractivity contribution in [1.29, 1.82) is 0 Å². The first-order valence-corrected chi connectivity index (χ1v) is 7.79. The Bertz CT molecular complexity index is 735. The van der Waals surface area contributed by atoms with E-state index in [0.717, 1.165) is 4.47 Å². The van der Waals surface area contributed by atoms with Crippen LogP contribution in [0.15, 0.2) is 40.0 Å². The van der Waals surface area contributed by atoms with Crippen LogP contribution in [-0.4, -0.2) is 18.4 Å². The number of nitrogens with two attached hydrogens (primary N) is 1. The molecule has 2 heterocycles. The van der Waals surface area contributed by atoms with Crippen molar-refractivity contribution >= 4 is 37.5 Å². The molecular weight excluding hydrogens is 346 g/mol. The van der Waals surface area contributed by atoms with Gasteiger partial charge in [-0.3, -0.25) is 10.6 Å². The molecule has 106 valence electrons. The second kappa shape index (κ2) is 5.73. The summed E-state index contributed by atoms with van der Waals surface area (Å²) in [5, 5.41) is -0.190. The second-order valence-electron chi connectivity index (χ2n) is 3.87. The molecule has 4 N–H and O–H groups in total. The molecule has 0 bridgehead atoms. The lowest BCUT2D eigenvalue weighted by molar-refractivity contribution is 0.597. The van der Waals surface area contributed by atoms with Gasteiger partial charge in [0.25, 0.3) is 10.0 Å². The fraction of sp³-hybridized carbons (Fsp3) is 0.0909. The number of hydrazine groups is 1. The smallest absolute Gasteiger partial charge is 0.282 e. The fourth-order valence-electron chi connectivity index (χ4n) is 1.50. The SMILES string of the molecule is Cc1nc(NS(=O)(=O)c2ncccc2NN)ccc1Br. The standard InChI is InChI=1S/C11H12BrN5O2S/c1-7-8(12)4-5-10(15-7)17-20(18,19)11-9(16-13)3-2-6-14-11/h2-6,16H,13H2,1H3,(H,15,17). The minimum atomic E-state index is -3.87. The molecule has 0 fully saturated rings. The average Bonchev–Trinajstić information content (AvgIpc) is 2.42.